The molecule has 4 rings (SSSR count). The molecule has 0 unspecified atom stereocenters. The molecule has 0 spiro atoms. The van der Waals surface area contributed by atoms with Crippen molar-refractivity contribution < 1.29 is 53.4 Å². The van der Waals surface area contributed by atoms with Crippen molar-refractivity contribution in [2.45, 2.75) is 38.3 Å². The molecule has 4 aromatic rings. The second kappa shape index (κ2) is 11.7. The monoisotopic (exact) mass is 602 g/mol. The van der Waals surface area contributed by atoms with Crippen LogP contribution in [0.1, 0.15) is 30.0 Å². The smallest absolute Gasteiger partial charge is 0.429 e. The van der Waals surface area contributed by atoms with E-state index in [2.05, 4.69) is 16.4 Å². The first kappa shape index (κ1) is 30.9. The van der Waals surface area contributed by atoms with Gasteiger partial charge in [0, 0.05) is 12.1 Å². The summed E-state index contributed by atoms with van der Waals surface area (Å²) >= 11 is 0. The van der Waals surface area contributed by atoms with Gasteiger partial charge in [-0.15, -0.1) is 13.2 Å². The topological polar surface area (TPSA) is 18.5 Å². The molecule has 12 heteroatoms. The Bertz CT molecular complexity index is 1520. The molecule has 0 radical (unpaired) electrons. The highest BCUT2D eigenvalue weighted by Gasteiger charge is 2.50. The van der Waals surface area contributed by atoms with Crippen LogP contribution in [0.5, 0.6) is 5.75 Å². The van der Waals surface area contributed by atoms with Crippen LogP contribution in [-0.4, -0.2) is 6.36 Å². The van der Waals surface area contributed by atoms with E-state index in [-0.39, 0.29) is 17.7 Å². The van der Waals surface area contributed by atoms with Crippen LogP contribution in [0.15, 0.2) is 78.9 Å². The molecule has 0 aliphatic carbocycles. The molecule has 0 aromatic heterocycles. The number of benzene rings is 4. The lowest BCUT2D eigenvalue weighted by atomic mass is 9.98. The van der Waals surface area contributed by atoms with E-state index in [1.165, 1.54) is 5.56 Å². The van der Waals surface area contributed by atoms with Crippen molar-refractivity contribution in [1.29, 1.82) is 0 Å². The highest BCUT2D eigenvalue weighted by molar-refractivity contribution is 5.70. The number of rotatable bonds is 9. The third kappa shape index (κ3) is 7.04. The van der Waals surface area contributed by atoms with Gasteiger partial charge in [-0.3, -0.25) is 0 Å². The predicted octanol–water partition coefficient (Wildman–Crippen LogP) is 10.1. The largest absolute Gasteiger partial charge is 0.527 e. The van der Waals surface area contributed by atoms with Crippen LogP contribution in [0.2, 0.25) is 0 Å². The Balaban J connectivity index is 1.53. The van der Waals surface area contributed by atoms with Gasteiger partial charge >= 0.3 is 18.6 Å². The van der Waals surface area contributed by atoms with E-state index in [0.29, 0.717) is 11.6 Å². The number of halogens is 10. The lowest BCUT2D eigenvalue weighted by molar-refractivity contribution is -0.432. The van der Waals surface area contributed by atoms with Crippen molar-refractivity contribution in [3.63, 3.8) is 0 Å². The minimum atomic E-state index is -5.98. The maximum Gasteiger partial charge on any atom is 0.527 e. The molecular weight excluding hydrogens is 582 g/mol. The summed E-state index contributed by atoms with van der Waals surface area (Å²) in [5.41, 5.74) is -0.137. The first-order chi connectivity index (χ1) is 19.6. The number of ether oxygens (including phenoxy) is 2. The summed E-state index contributed by atoms with van der Waals surface area (Å²) in [6, 6.07) is 17.0. The molecule has 0 N–H and O–H groups in total. The van der Waals surface area contributed by atoms with E-state index in [1.807, 2.05) is 24.3 Å². The summed E-state index contributed by atoms with van der Waals surface area (Å²) in [7, 11) is 0. The van der Waals surface area contributed by atoms with Gasteiger partial charge in [-0.25, -0.2) is 17.9 Å². The summed E-state index contributed by atoms with van der Waals surface area (Å²) in [6.07, 6.45) is -14.1. The zero-order chi connectivity index (χ0) is 30.9. The second-order valence-corrected chi connectivity index (χ2v) is 9.16. The summed E-state index contributed by atoms with van der Waals surface area (Å²) in [5.74, 6) is -7.60. The zero-order valence-electron chi connectivity index (χ0n) is 21.5. The van der Waals surface area contributed by atoms with E-state index >= 15 is 0 Å². The molecule has 0 fully saturated rings. The molecule has 0 aliphatic rings. The number of alkyl halides is 7. The fraction of sp³-hybridized carbons (Fsp3) is 0.200. The molecule has 222 valence electrons. The van der Waals surface area contributed by atoms with Crippen molar-refractivity contribution in [2.75, 3.05) is 0 Å². The lowest BCUT2D eigenvalue weighted by Crippen LogP contribution is -2.30. The highest BCUT2D eigenvalue weighted by atomic mass is 19.4. The van der Waals surface area contributed by atoms with Gasteiger partial charge in [0.05, 0.1) is 5.56 Å². The first-order valence-corrected chi connectivity index (χ1v) is 12.3. The molecule has 0 amide bonds. The van der Waals surface area contributed by atoms with Gasteiger partial charge in [-0.1, -0.05) is 67.9 Å². The number of aryl methyl sites for hydroxylation is 1. The Morgan fingerprint density at radius 1 is 0.571 bits per heavy atom. The van der Waals surface area contributed by atoms with Gasteiger partial charge in [0.15, 0.2) is 0 Å². The summed E-state index contributed by atoms with van der Waals surface area (Å²) in [6.45, 7) is 2.08. The highest BCUT2D eigenvalue weighted by Crippen LogP contribution is 2.41. The molecule has 4 aromatic carbocycles. The normalized spacial score (nSPS) is 12.5. The molecule has 0 atom stereocenters. The molecule has 0 saturated carbocycles. The van der Waals surface area contributed by atoms with Crippen LogP contribution in [-0.2, 0) is 23.4 Å². The third-order valence-corrected chi connectivity index (χ3v) is 6.12. The predicted molar refractivity (Wildman–Crippen MR) is 133 cm³/mol. The Morgan fingerprint density at radius 3 is 1.52 bits per heavy atom. The van der Waals surface area contributed by atoms with Crippen molar-refractivity contribution >= 4 is 0 Å². The van der Waals surface area contributed by atoms with E-state index < -0.39 is 52.9 Å². The minimum absolute atomic E-state index is 0.203. The Labute approximate surface area is 233 Å². The summed E-state index contributed by atoms with van der Waals surface area (Å²) in [5, 5.41) is 0. The third-order valence-electron chi connectivity index (χ3n) is 6.12. The van der Waals surface area contributed by atoms with Crippen LogP contribution in [0.4, 0.5) is 43.9 Å². The van der Waals surface area contributed by atoms with Gasteiger partial charge < -0.3 is 4.74 Å². The molecule has 0 saturated heterocycles. The van der Waals surface area contributed by atoms with Gasteiger partial charge in [0.2, 0.25) is 0 Å². The van der Waals surface area contributed by atoms with Gasteiger partial charge in [-0.05, 0) is 46.4 Å². The average molecular weight is 602 g/mol. The van der Waals surface area contributed by atoms with Crippen LogP contribution >= 0.6 is 0 Å². The molecule has 2 nitrogen and oxygen atoms in total. The van der Waals surface area contributed by atoms with Crippen LogP contribution in [0, 0.1) is 17.5 Å². The maximum absolute atomic E-state index is 14.8. The van der Waals surface area contributed by atoms with Gasteiger partial charge in [0.1, 0.15) is 28.8 Å². The van der Waals surface area contributed by atoms with Gasteiger partial charge in [-0.2, -0.15) is 17.6 Å². The van der Waals surface area contributed by atoms with Crippen molar-refractivity contribution in [3.05, 3.63) is 113 Å². The number of hydrogen-bond donors (Lipinski definition) is 0. The summed E-state index contributed by atoms with van der Waals surface area (Å²) in [4.78, 5) is 0. The van der Waals surface area contributed by atoms with Crippen molar-refractivity contribution in [1.82, 2.24) is 0 Å². The fourth-order valence-electron chi connectivity index (χ4n) is 4.22. The molecular formula is C30H20F10O2. The van der Waals surface area contributed by atoms with E-state index in [4.69, 9.17) is 0 Å². The average Bonchev–Trinajstić information content (AvgIpc) is 2.87. The zero-order valence-corrected chi connectivity index (χ0v) is 21.5. The van der Waals surface area contributed by atoms with Crippen LogP contribution in [0.25, 0.3) is 22.3 Å². The van der Waals surface area contributed by atoms with Crippen molar-refractivity contribution in [2.24, 2.45) is 0 Å². The SMILES string of the molecule is CCCc1ccc(-c2ccc(-c3ccc(C(F)(F)Oc4cc(F)c(C(F)(F)OC(F)(F)F)c(F)c4)c(F)c3)cc2)cc1. The second-order valence-electron chi connectivity index (χ2n) is 9.16. The molecule has 0 heterocycles. The lowest BCUT2D eigenvalue weighted by Gasteiger charge is -2.22. The van der Waals surface area contributed by atoms with Crippen molar-refractivity contribution in [3.8, 4) is 28.0 Å². The van der Waals surface area contributed by atoms with E-state index in [1.54, 1.807) is 24.3 Å². The standard InChI is InChI=1S/C30H20F10O2/c1-2-3-17-4-6-18(7-5-17)19-8-10-20(11-9-19)21-12-13-23(24(31)14-21)28(34,35)41-22-15-25(32)27(26(33)16-22)29(36,37)42-30(38,39)40/h4-16H,2-3H2,1H3. The van der Waals surface area contributed by atoms with E-state index in [9.17, 15) is 43.9 Å². The maximum atomic E-state index is 14.8. The first-order valence-electron chi connectivity index (χ1n) is 12.3. The number of hydrogen-bond acceptors (Lipinski definition) is 2. The fourth-order valence-corrected chi connectivity index (χ4v) is 4.22. The molecule has 42 heavy (non-hydrogen) atoms. The Hall–Kier alpha value is -4.06. The Kier molecular flexibility index (Phi) is 8.58. The Morgan fingerprint density at radius 2 is 1.05 bits per heavy atom. The van der Waals surface area contributed by atoms with Gasteiger partial charge in [0.25, 0.3) is 0 Å². The van der Waals surface area contributed by atoms with E-state index in [0.717, 1.165) is 36.1 Å². The quantitative estimate of drug-likeness (QED) is 0.178. The molecule has 0 bridgehead atoms. The van der Waals surface area contributed by atoms with Crippen LogP contribution in [0.3, 0.4) is 0 Å². The molecule has 0 aliphatic heterocycles. The summed E-state index contributed by atoms with van der Waals surface area (Å²) < 4.78 is 143. The minimum Gasteiger partial charge on any atom is -0.429 e. The van der Waals surface area contributed by atoms with Crippen LogP contribution < -0.4 is 4.74 Å².